The summed E-state index contributed by atoms with van der Waals surface area (Å²) in [7, 11) is 0. The average Bonchev–Trinajstić information content (AvgIpc) is 3.08. The van der Waals surface area contributed by atoms with E-state index in [9.17, 15) is 0 Å². The molecule has 1 saturated heterocycles. The maximum Gasteiger partial charge on any atom is 0.119 e. The molecule has 4 aromatic rings. The van der Waals surface area contributed by atoms with Crippen LogP contribution in [0.4, 0.5) is 0 Å². The zero-order valence-electron chi connectivity index (χ0n) is 20.4. The molecule has 0 bridgehead atoms. The molecule has 4 heteroatoms. The fourth-order valence-electron chi connectivity index (χ4n) is 5.69. The van der Waals surface area contributed by atoms with E-state index in [1.165, 1.54) is 70.5 Å². The number of aromatic nitrogens is 1. The summed E-state index contributed by atoms with van der Waals surface area (Å²) in [4.78, 5) is 3.97. The summed E-state index contributed by atoms with van der Waals surface area (Å²) >= 11 is 1.98. The molecule has 0 unspecified atom stereocenters. The first-order valence-corrected chi connectivity index (χ1v) is 14.1. The van der Waals surface area contributed by atoms with Crippen LogP contribution in [0.25, 0.3) is 22.2 Å². The first-order valence-electron chi connectivity index (χ1n) is 13.1. The van der Waals surface area contributed by atoms with E-state index in [2.05, 4.69) is 82.3 Å². The first kappa shape index (κ1) is 22.8. The predicted octanol–water partition coefficient (Wildman–Crippen LogP) is 7.26. The van der Waals surface area contributed by atoms with Gasteiger partial charge in [-0.15, -0.1) is 11.8 Å². The van der Waals surface area contributed by atoms with Crippen LogP contribution in [0.1, 0.15) is 36.8 Å². The Hall–Kier alpha value is -2.69. The van der Waals surface area contributed by atoms with Gasteiger partial charge in [-0.05, 0) is 74.2 Å². The molecule has 0 saturated carbocycles. The van der Waals surface area contributed by atoms with E-state index in [4.69, 9.17) is 4.74 Å². The maximum atomic E-state index is 6.07. The number of hydrogen-bond acceptors (Lipinski definition) is 3. The number of aryl methyl sites for hydroxylation is 1. The van der Waals surface area contributed by atoms with Crippen molar-refractivity contribution in [1.29, 1.82) is 0 Å². The Morgan fingerprint density at radius 1 is 0.829 bits per heavy atom. The van der Waals surface area contributed by atoms with E-state index in [0.29, 0.717) is 0 Å². The van der Waals surface area contributed by atoms with Crippen LogP contribution < -0.4 is 4.74 Å². The highest BCUT2D eigenvalue weighted by Crippen LogP contribution is 2.42. The number of fused-ring (bicyclic) bond motifs is 5. The highest BCUT2D eigenvalue weighted by Gasteiger charge is 2.23. The monoisotopic (exact) mass is 482 g/mol. The van der Waals surface area contributed by atoms with Crippen LogP contribution in [0.3, 0.4) is 0 Å². The smallest absolute Gasteiger partial charge is 0.119 e. The van der Waals surface area contributed by atoms with Crippen molar-refractivity contribution in [3.8, 4) is 17.0 Å². The standard InChI is InChI=1S/C31H34N2OS/c1-6-18-32(19-7-1)20-8-21-34-25-15-13-24(14-16-25)23-33-29-11-4-2-9-26(29)27-17-22-35-30-12-5-3-10-28(30)31(27)33/h2-5,9-16H,1,6-8,17-23H2. The van der Waals surface area contributed by atoms with Crippen molar-refractivity contribution < 1.29 is 4.74 Å². The lowest BCUT2D eigenvalue weighted by Gasteiger charge is -2.26. The number of para-hydroxylation sites is 1. The minimum absolute atomic E-state index is 0.792. The third-order valence-electron chi connectivity index (χ3n) is 7.43. The summed E-state index contributed by atoms with van der Waals surface area (Å²) in [5, 5.41) is 1.40. The minimum Gasteiger partial charge on any atom is -0.494 e. The van der Waals surface area contributed by atoms with Crippen LogP contribution in [0, 0.1) is 0 Å². The first-order chi connectivity index (χ1) is 17.4. The third-order valence-corrected chi connectivity index (χ3v) is 8.50. The van der Waals surface area contributed by atoms with Crippen molar-refractivity contribution in [1.82, 2.24) is 9.47 Å². The molecule has 180 valence electrons. The fourth-order valence-corrected chi connectivity index (χ4v) is 6.71. The Morgan fingerprint density at radius 3 is 2.51 bits per heavy atom. The molecule has 35 heavy (non-hydrogen) atoms. The summed E-state index contributed by atoms with van der Waals surface area (Å²) in [6.45, 7) is 5.33. The quantitative estimate of drug-likeness (QED) is 0.258. The number of nitrogens with zero attached hydrogens (tertiary/aromatic N) is 2. The lowest BCUT2D eigenvalue weighted by atomic mass is 10.0. The van der Waals surface area contributed by atoms with Crippen molar-refractivity contribution in [2.45, 2.75) is 43.5 Å². The van der Waals surface area contributed by atoms with Gasteiger partial charge in [0.2, 0.25) is 0 Å². The van der Waals surface area contributed by atoms with Gasteiger partial charge >= 0.3 is 0 Å². The fraction of sp³-hybridized carbons (Fsp3) is 0.355. The highest BCUT2D eigenvalue weighted by atomic mass is 32.2. The molecule has 6 rings (SSSR count). The van der Waals surface area contributed by atoms with E-state index in [1.807, 2.05) is 11.8 Å². The van der Waals surface area contributed by atoms with Gasteiger partial charge in [0.25, 0.3) is 0 Å². The Balaban J connectivity index is 1.21. The molecule has 3 aromatic carbocycles. The second-order valence-corrected chi connectivity index (χ2v) is 10.9. The van der Waals surface area contributed by atoms with Gasteiger partial charge in [-0.2, -0.15) is 0 Å². The van der Waals surface area contributed by atoms with Crippen LogP contribution in [0.2, 0.25) is 0 Å². The van der Waals surface area contributed by atoms with Gasteiger partial charge in [-0.3, -0.25) is 0 Å². The van der Waals surface area contributed by atoms with Crippen molar-refractivity contribution in [2.24, 2.45) is 0 Å². The van der Waals surface area contributed by atoms with E-state index >= 15 is 0 Å². The van der Waals surface area contributed by atoms with E-state index in [0.717, 1.165) is 44.0 Å². The van der Waals surface area contributed by atoms with Gasteiger partial charge in [0.05, 0.1) is 12.3 Å². The molecular formula is C31H34N2OS. The molecule has 0 atom stereocenters. The number of rotatable bonds is 7. The average molecular weight is 483 g/mol. The predicted molar refractivity (Wildman–Crippen MR) is 148 cm³/mol. The van der Waals surface area contributed by atoms with Crippen molar-refractivity contribution in [2.75, 3.05) is 32.0 Å². The zero-order valence-corrected chi connectivity index (χ0v) is 21.2. The number of likely N-dealkylation sites (tertiary alicyclic amines) is 1. The molecule has 0 amide bonds. The summed E-state index contributed by atoms with van der Waals surface area (Å²) in [5.41, 5.74) is 6.90. The van der Waals surface area contributed by atoms with Crippen LogP contribution >= 0.6 is 11.8 Å². The molecule has 3 nitrogen and oxygen atoms in total. The Morgan fingerprint density at radius 2 is 1.63 bits per heavy atom. The lowest BCUT2D eigenvalue weighted by Crippen LogP contribution is -2.31. The number of thioether (sulfide) groups is 1. The highest BCUT2D eigenvalue weighted by molar-refractivity contribution is 7.99. The molecule has 2 aliphatic heterocycles. The van der Waals surface area contributed by atoms with Gasteiger partial charge in [0.15, 0.2) is 0 Å². The van der Waals surface area contributed by atoms with E-state index in [1.54, 1.807) is 0 Å². The third kappa shape index (κ3) is 4.87. The molecule has 1 fully saturated rings. The van der Waals surface area contributed by atoms with Crippen LogP contribution in [-0.2, 0) is 13.0 Å². The minimum atomic E-state index is 0.792. The number of benzene rings is 3. The maximum absolute atomic E-state index is 6.07. The van der Waals surface area contributed by atoms with Gasteiger partial charge in [0, 0.05) is 40.2 Å². The normalized spacial score (nSPS) is 16.0. The van der Waals surface area contributed by atoms with E-state index < -0.39 is 0 Å². The SMILES string of the molecule is c1ccc2c(c1)SCCc1c-2n(Cc2ccc(OCCCN3CCCCC3)cc2)c2ccccc12. The van der Waals surface area contributed by atoms with Crippen LogP contribution in [0.5, 0.6) is 5.75 Å². The van der Waals surface area contributed by atoms with Gasteiger partial charge in [-0.25, -0.2) is 0 Å². The second kappa shape index (κ2) is 10.5. The van der Waals surface area contributed by atoms with Crippen LogP contribution in [-0.4, -0.2) is 41.5 Å². The molecule has 0 radical (unpaired) electrons. The summed E-state index contributed by atoms with van der Waals surface area (Å²) in [6.07, 6.45) is 6.30. The lowest BCUT2D eigenvalue weighted by molar-refractivity contribution is 0.205. The van der Waals surface area contributed by atoms with Gasteiger partial charge in [0.1, 0.15) is 5.75 Å². The molecular weight excluding hydrogens is 448 g/mol. The van der Waals surface area contributed by atoms with Crippen LogP contribution in [0.15, 0.2) is 77.7 Å². The zero-order chi connectivity index (χ0) is 23.5. The van der Waals surface area contributed by atoms with Gasteiger partial charge < -0.3 is 14.2 Å². The number of ether oxygens (including phenoxy) is 1. The topological polar surface area (TPSA) is 17.4 Å². The van der Waals surface area contributed by atoms with E-state index in [-0.39, 0.29) is 0 Å². The second-order valence-electron chi connectivity index (χ2n) is 9.77. The summed E-state index contributed by atoms with van der Waals surface area (Å²) in [6, 6.07) is 26.6. The summed E-state index contributed by atoms with van der Waals surface area (Å²) in [5.74, 6) is 2.10. The van der Waals surface area contributed by atoms with Gasteiger partial charge in [-0.1, -0.05) is 55.0 Å². The molecule has 2 aliphatic rings. The Labute approximate surface area is 213 Å². The number of piperidine rings is 1. The molecule has 0 spiro atoms. The Bertz CT molecular complexity index is 1290. The molecule has 0 N–H and O–H groups in total. The molecule has 1 aromatic heterocycles. The largest absolute Gasteiger partial charge is 0.494 e. The number of hydrogen-bond donors (Lipinski definition) is 0. The summed E-state index contributed by atoms with van der Waals surface area (Å²) < 4.78 is 8.61. The van der Waals surface area contributed by atoms with Crippen molar-refractivity contribution >= 4 is 22.7 Å². The van der Waals surface area contributed by atoms with Crippen molar-refractivity contribution in [3.63, 3.8) is 0 Å². The Kier molecular flexibility index (Phi) is 6.83. The molecule has 3 heterocycles. The molecule has 0 aliphatic carbocycles. The van der Waals surface area contributed by atoms with Crippen molar-refractivity contribution in [3.05, 3.63) is 83.9 Å².